The molecule has 2 amide bonds. The first-order valence-electron chi connectivity index (χ1n) is 11.4. The van der Waals surface area contributed by atoms with Crippen molar-refractivity contribution in [2.45, 2.75) is 19.2 Å². The Labute approximate surface area is 199 Å². The number of urea groups is 1. The largest absolute Gasteiger partial charge is 0.378 e. The topological polar surface area (TPSA) is 130 Å². The Hall–Kier alpha value is -3.28. The van der Waals surface area contributed by atoms with Crippen LogP contribution in [0.1, 0.15) is 24.5 Å². The summed E-state index contributed by atoms with van der Waals surface area (Å²) >= 11 is 0. The minimum atomic E-state index is -0.433. The van der Waals surface area contributed by atoms with E-state index in [0.29, 0.717) is 31.9 Å². The van der Waals surface area contributed by atoms with E-state index < -0.39 is 6.03 Å². The molecule has 3 aliphatic heterocycles. The molecule has 3 aliphatic rings. The maximum Gasteiger partial charge on any atom is 0.314 e. The molecular formula is C23H32N8O3. The molecule has 0 aliphatic carbocycles. The third-order valence-corrected chi connectivity index (χ3v) is 6.05. The lowest BCUT2D eigenvalue weighted by molar-refractivity contribution is -0.0132. The molecule has 182 valence electrons. The van der Waals surface area contributed by atoms with Gasteiger partial charge in [-0.15, -0.1) is 0 Å². The number of carbonyl (C=O) groups is 1. The van der Waals surface area contributed by atoms with Crippen molar-refractivity contribution in [2.24, 2.45) is 10.7 Å². The van der Waals surface area contributed by atoms with Crippen LogP contribution in [0.5, 0.6) is 0 Å². The normalized spacial score (nSPS) is 23.6. The van der Waals surface area contributed by atoms with E-state index >= 15 is 0 Å². The number of hydrogen-bond donors (Lipinski definition) is 3. The number of nitrogens with zero attached hydrogens (tertiary/aromatic N) is 5. The summed E-state index contributed by atoms with van der Waals surface area (Å²) in [5, 5.41) is 6.91. The standard InChI is InChI=1S/C23H32N8O3/c1-16(30-7-10-33-11-8-30)3-4-18(25-2)19-13-20-21(27-6-5-26-20)22(29-19)28-14-17-15-31(23(24)32)9-12-34-17/h3-6,13,17,22,28-29H,2,7-12,14-15H2,1H3,(H2,24,32)/b16-3+,18-4-. The van der Waals surface area contributed by atoms with Crippen LogP contribution in [-0.4, -0.2) is 91.2 Å². The molecule has 0 spiro atoms. The zero-order valence-electron chi connectivity index (χ0n) is 19.4. The van der Waals surface area contributed by atoms with Gasteiger partial charge in [0.15, 0.2) is 0 Å². The number of primary amides is 1. The van der Waals surface area contributed by atoms with Gasteiger partial charge in [-0.25, -0.2) is 4.79 Å². The Morgan fingerprint density at radius 2 is 2.03 bits per heavy atom. The Balaban J connectivity index is 1.48. The third kappa shape index (κ3) is 5.79. The smallest absolute Gasteiger partial charge is 0.314 e. The second-order valence-electron chi connectivity index (χ2n) is 8.26. The van der Waals surface area contributed by atoms with E-state index in [9.17, 15) is 4.79 Å². The highest BCUT2D eigenvalue weighted by atomic mass is 16.5. The van der Waals surface area contributed by atoms with E-state index in [0.717, 1.165) is 49.1 Å². The predicted octanol–water partition coefficient (Wildman–Crippen LogP) is 0.609. The molecule has 0 bridgehead atoms. The van der Waals surface area contributed by atoms with Crippen molar-refractivity contribution < 1.29 is 14.3 Å². The van der Waals surface area contributed by atoms with Crippen molar-refractivity contribution >= 4 is 18.8 Å². The first kappa shape index (κ1) is 23.9. The second-order valence-corrected chi connectivity index (χ2v) is 8.26. The van der Waals surface area contributed by atoms with Gasteiger partial charge in [0.1, 0.15) is 11.9 Å². The van der Waals surface area contributed by atoms with Gasteiger partial charge in [-0.3, -0.25) is 20.3 Å². The number of aliphatic imine (C=N–C) groups is 1. The van der Waals surface area contributed by atoms with Crippen LogP contribution in [0, 0.1) is 0 Å². The van der Waals surface area contributed by atoms with Crippen molar-refractivity contribution in [3.8, 4) is 0 Å². The van der Waals surface area contributed by atoms with Gasteiger partial charge < -0.3 is 30.3 Å². The van der Waals surface area contributed by atoms with Gasteiger partial charge in [0.05, 0.1) is 43.0 Å². The summed E-state index contributed by atoms with van der Waals surface area (Å²) in [4.78, 5) is 28.7. The Bertz CT molecular complexity index is 986. The summed E-state index contributed by atoms with van der Waals surface area (Å²) in [5.74, 6) is 0. The number of nitrogens with two attached hydrogens (primary N) is 1. The number of ether oxygens (including phenoxy) is 2. The van der Waals surface area contributed by atoms with E-state index in [1.165, 1.54) is 0 Å². The lowest BCUT2D eigenvalue weighted by atomic mass is 10.1. The van der Waals surface area contributed by atoms with Crippen LogP contribution in [0.2, 0.25) is 0 Å². The predicted molar refractivity (Wildman–Crippen MR) is 129 cm³/mol. The quantitative estimate of drug-likeness (QED) is 0.392. The Morgan fingerprint density at radius 1 is 1.26 bits per heavy atom. The van der Waals surface area contributed by atoms with Crippen LogP contribution in [0.25, 0.3) is 6.08 Å². The number of aromatic nitrogens is 2. The van der Waals surface area contributed by atoms with Crippen LogP contribution in [0.3, 0.4) is 0 Å². The molecule has 4 N–H and O–H groups in total. The molecular weight excluding hydrogens is 436 g/mol. The van der Waals surface area contributed by atoms with E-state index in [1.807, 2.05) is 18.2 Å². The van der Waals surface area contributed by atoms with Crippen LogP contribution >= 0.6 is 0 Å². The highest BCUT2D eigenvalue weighted by Crippen LogP contribution is 2.25. The van der Waals surface area contributed by atoms with E-state index in [2.05, 4.69) is 44.1 Å². The minimum absolute atomic E-state index is 0.177. The summed E-state index contributed by atoms with van der Waals surface area (Å²) in [7, 11) is 0. The SMILES string of the molecule is C=N/C(=C\C=C(/C)N1CCOCC1)C1=Cc2nccnc2C(NCC2CN(C(N)=O)CCO2)N1. The molecule has 11 nitrogen and oxygen atoms in total. The lowest BCUT2D eigenvalue weighted by Gasteiger charge is -2.34. The lowest BCUT2D eigenvalue weighted by Crippen LogP contribution is -2.52. The van der Waals surface area contributed by atoms with Gasteiger partial charge in [-0.05, 0) is 31.9 Å². The molecule has 1 aromatic rings. The van der Waals surface area contributed by atoms with E-state index in [4.69, 9.17) is 15.2 Å². The summed E-state index contributed by atoms with van der Waals surface area (Å²) < 4.78 is 11.2. The average molecular weight is 469 g/mol. The summed E-state index contributed by atoms with van der Waals surface area (Å²) in [6.07, 6.45) is 8.75. The molecule has 2 saturated heterocycles. The Kier molecular flexibility index (Phi) is 7.88. The van der Waals surface area contributed by atoms with Crippen molar-refractivity contribution in [1.29, 1.82) is 0 Å². The molecule has 1 aromatic heterocycles. The van der Waals surface area contributed by atoms with Crippen LogP contribution in [0.15, 0.2) is 46.6 Å². The fourth-order valence-electron chi connectivity index (χ4n) is 4.13. The number of amides is 2. The van der Waals surface area contributed by atoms with Crippen LogP contribution in [0.4, 0.5) is 4.79 Å². The highest BCUT2D eigenvalue weighted by Gasteiger charge is 2.27. The molecule has 2 unspecified atom stereocenters. The molecule has 2 atom stereocenters. The fourth-order valence-corrected chi connectivity index (χ4v) is 4.13. The fraction of sp³-hybridized carbons (Fsp3) is 0.478. The van der Waals surface area contributed by atoms with Crippen molar-refractivity contribution in [1.82, 2.24) is 30.4 Å². The number of fused-ring (bicyclic) bond motifs is 1. The molecule has 2 fully saturated rings. The van der Waals surface area contributed by atoms with Gasteiger partial charge in [0.2, 0.25) is 0 Å². The van der Waals surface area contributed by atoms with E-state index in [-0.39, 0.29) is 12.3 Å². The number of hydrogen-bond acceptors (Lipinski definition) is 9. The summed E-state index contributed by atoms with van der Waals surface area (Å²) in [6.45, 7) is 11.0. The van der Waals surface area contributed by atoms with Crippen LogP contribution in [-0.2, 0) is 9.47 Å². The second kappa shape index (κ2) is 11.2. The molecule has 0 radical (unpaired) electrons. The zero-order valence-corrected chi connectivity index (χ0v) is 19.4. The monoisotopic (exact) mass is 468 g/mol. The molecule has 4 heterocycles. The van der Waals surface area contributed by atoms with Gasteiger partial charge >= 0.3 is 6.03 Å². The maximum atomic E-state index is 11.5. The summed E-state index contributed by atoms with van der Waals surface area (Å²) in [6, 6.07) is -0.433. The minimum Gasteiger partial charge on any atom is -0.378 e. The van der Waals surface area contributed by atoms with Crippen LogP contribution < -0.4 is 16.4 Å². The zero-order chi connectivity index (χ0) is 23.9. The van der Waals surface area contributed by atoms with Crippen molar-refractivity contribution in [2.75, 3.05) is 52.5 Å². The highest BCUT2D eigenvalue weighted by molar-refractivity contribution is 5.72. The van der Waals surface area contributed by atoms with Gasteiger partial charge in [-0.2, -0.15) is 0 Å². The number of nitrogens with one attached hydrogen (secondary N) is 2. The molecule has 0 saturated carbocycles. The molecule has 4 rings (SSSR count). The number of allylic oxidation sites excluding steroid dienone is 3. The molecule has 0 aromatic carbocycles. The van der Waals surface area contributed by atoms with Gasteiger partial charge in [-0.1, -0.05) is 0 Å². The number of carbonyl (C=O) groups excluding carboxylic acids is 1. The average Bonchev–Trinajstić information content (AvgIpc) is 2.88. The molecule has 34 heavy (non-hydrogen) atoms. The first-order valence-corrected chi connectivity index (χ1v) is 11.4. The van der Waals surface area contributed by atoms with E-state index in [1.54, 1.807) is 17.3 Å². The first-order chi connectivity index (χ1) is 16.5. The maximum absolute atomic E-state index is 11.5. The summed E-state index contributed by atoms with van der Waals surface area (Å²) in [5.41, 5.74) is 9.59. The third-order valence-electron chi connectivity index (χ3n) is 6.05. The Morgan fingerprint density at radius 3 is 2.79 bits per heavy atom. The van der Waals surface area contributed by atoms with Gasteiger partial charge in [0, 0.05) is 50.8 Å². The van der Waals surface area contributed by atoms with Crippen molar-refractivity contribution in [3.05, 3.63) is 53.0 Å². The number of morpholine rings is 2. The van der Waals surface area contributed by atoms with Gasteiger partial charge in [0.25, 0.3) is 0 Å². The molecule has 11 heteroatoms. The number of rotatable bonds is 7. The van der Waals surface area contributed by atoms with Crippen molar-refractivity contribution in [3.63, 3.8) is 0 Å².